The summed E-state index contributed by atoms with van der Waals surface area (Å²) < 4.78 is 2.00. The molecule has 0 atom stereocenters. The molecule has 5 rings (SSSR count). The number of carbonyl (C=O) groups excluding carboxylic acids is 1. The van der Waals surface area contributed by atoms with E-state index >= 15 is 0 Å². The van der Waals surface area contributed by atoms with Gasteiger partial charge in [-0.2, -0.15) is 0 Å². The summed E-state index contributed by atoms with van der Waals surface area (Å²) in [6.45, 7) is 6.14. The van der Waals surface area contributed by atoms with Crippen LogP contribution in [0.1, 0.15) is 56.1 Å². The Morgan fingerprint density at radius 3 is 2.43 bits per heavy atom. The molecule has 1 aromatic carbocycles. The molecule has 0 saturated heterocycles. The Morgan fingerprint density at radius 1 is 1.11 bits per heavy atom. The Balaban J connectivity index is 1.46. The van der Waals surface area contributed by atoms with Crippen molar-refractivity contribution < 1.29 is 14.7 Å². The van der Waals surface area contributed by atoms with Crippen molar-refractivity contribution in [2.45, 2.75) is 52.5 Å². The molecular formula is C27H29N3O3S2. The average Bonchev–Trinajstić information content (AvgIpc) is 3.55. The molecule has 1 fully saturated rings. The number of benzene rings is 1. The highest BCUT2D eigenvalue weighted by atomic mass is 32.1. The maximum Gasteiger partial charge on any atom is 0.348 e. The lowest BCUT2D eigenvalue weighted by atomic mass is 9.82. The lowest BCUT2D eigenvalue weighted by Crippen LogP contribution is -2.42. The Morgan fingerprint density at radius 2 is 1.80 bits per heavy atom. The monoisotopic (exact) mass is 507 g/mol. The van der Waals surface area contributed by atoms with E-state index < -0.39 is 5.97 Å². The number of fused-ring (bicyclic) bond motifs is 1. The molecule has 0 aliphatic heterocycles. The van der Waals surface area contributed by atoms with Crippen LogP contribution in [0.2, 0.25) is 0 Å². The molecule has 1 aliphatic rings. The molecule has 8 heteroatoms. The van der Waals surface area contributed by atoms with Crippen LogP contribution in [-0.2, 0) is 4.79 Å². The van der Waals surface area contributed by atoms with Gasteiger partial charge in [-0.15, -0.1) is 22.7 Å². The van der Waals surface area contributed by atoms with E-state index in [0.717, 1.165) is 52.3 Å². The van der Waals surface area contributed by atoms with Gasteiger partial charge in [0, 0.05) is 40.2 Å². The minimum atomic E-state index is -0.998. The second-order valence-electron chi connectivity index (χ2n) is 9.69. The number of thiophene rings is 1. The van der Waals surface area contributed by atoms with Gasteiger partial charge in [0.1, 0.15) is 4.88 Å². The molecule has 0 radical (unpaired) electrons. The summed E-state index contributed by atoms with van der Waals surface area (Å²) in [4.78, 5) is 34.1. The molecule has 6 nitrogen and oxygen atoms in total. The highest BCUT2D eigenvalue weighted by Gasteiger charge is 2.33. The van der Waals surface area contributed by atoms with Gasteiger partial charge in [0.15, 0.2) is 4.96 Å². The number of amides is 1. The van der Waals surface area contributed by atoms with E-state index in [2.05, 4.69) is 11.9 Å². The molecule has 182 valence electrons. The summed E-state index contributed by atoms with van der Waals surface area (Å²) in [6, 6.07) is 9.76. The molecule has 0 bridgehead atoms. The standard InChI is InChI=1S/C27H29N3O3S2/c1-16(2)30(25(31)20-6-4-17(3)5-7-20)22-14-23(35-24(22)26(32)33)19-10-8-18(9-11-19)21-15-29-12-13-34-27(29)28-21/h8-17,20H,4-7H2,1-3H3,(H,32,33)/t17-,20-. The molecule has 4 aromatic rings. The lowest BCUT2D eigenvalue weighted by Gasteiger charge is -2.33. The Hall–Kier alpha value is -2.97. The van der Waals surface area contributed by atoms with Gasteiger partial charge in [0.05, 0.1) is 11.4 Å². The third kappa shape index (κ3) is 4.65. The van der Waals surface area contributed by atoms with Crippen LogP contribution >= 0.6 is 22.7 Å². The number of carboxylic acid groups (broad SMARTS) is 1. The first-order valence-corrected chi connectivity index (χ1v) is 13.7. The molecule has 1 aliphatic carbocycles. The summed E-state index contributed by atoms with van der Waals surface area (Å²) in [7, 11) is 0. The molecule has 0 spiro atoms. The number of nitrogens with zero attached hydrogens (tertiary/aromatic N) is 3. The van der Waals surface area contributed by atoms with Crippen molar-refractivity contribution in [1.82, 2.24) is 9.38 Å². The molecule has 1 N–H and O–H groups in total. The Kier molecular flexibility index (Phi) is 6.51. The molecule has 3 heterocycles. The van der Waals surface area contributed by atoms with Crippen molar-refractivity contribution in [2.75, 3.05) is 4.90 Å². The van der Waals surface area contributed by atoms with Crippen LogP contribution in [0.15, 0.2) is 48.1 Å². The van der Waals surface area contributed by atoms with Gasteiger partial charge in [-0.1, -0.05) is 31.2 Å². The van der Waals surface area contributed by atoms with Crippen molar-refractivity contribution in [3.05, 3.63) is 53.0 Å². The zero-order valence-corrected chi connectivity index (χ0v) is 21.7. The molecular weight excluding hydrogens is 478 g/mol. The molecule has 3 aromatic heterocycles. The van der Waals surface area contributed by atoms with E-state index in [1.807, 2.05) is 66.4 Å². The number of carbonyl (C=O) groups is 2. The third-order valence-corrected chi connectivity index (χ3v) is 8.78. The number of thiazole rings is 1. The van der Waals surface area contributed by atoms with Gasteiger partial charge in [-0.25, -0.2) is 9.78 Å². The van der Waals surface area contributed by atoms with Crippen molar-refractivity contribution in [1.29, 1.82) is 0 Å². The first-order chi connectivity index (χ1) is 16.8. The van der Waals surface area contributed by atoms with E-state index in [0.29, 0.717) is 11.6 Å². The predicted octanol–water partition coefficient (Wildman–Crippen LogP) is 7.06. The normalized spacial score (nSPS) is 18.3. The molecule has 1 amide bonds. The first kappa shape index (κ1) is 23.8. The van der Waals surface area contributed by atoms with Crippen molar-refractivity contribution >= 4 is 45.2 Å². The zero-order chi connectivity index (χ0) is 24.7. The quantitative estimate of drug-likeness (QED) is 0.303. The largest absolute Gasteiger partial charge is 0.477 e. The van der Waals surface area contributed by atoms with Crippen molar-refractivity contribution in [3.8, 4) is 21.7 Å². The smallest absolute Gasteiger partial charge is 0.348 e. The first-order valence-electron chi connectivity index (χ1n) is 12.0. The summed E-state index contributed by atoms with van der Waals surface area (Å²) in [5.74, 6) is -0.340. The lowest BCUT2D eigenvalue weighted by molar-refractivity contribution is -0.123. The Labute approximate surface area is 212 Å². The van der Waals surface area contributed by atoms with Crippen LogP contribution in [-0.4, -0.2) is 32.4 Å². The van der Waals surface area contributed by atoms with Crippen LogP contribution in [0, 0.1) is 11.8 Å². The molecule has 0 unspecified atom stereocenters. The molecule has 35 heavy (non-hydrogen) atoms. The highest BCUT2D eigenvalue weighted by molar-refractivity contribution is 7.18. The number of aromatic carboxylic acids is 1. The van der Waals surface area contributed by atoms with Gasteiger partial charge in [0.2, 0.25) is 5.91 Å². The van der Waals surface area contributed by atoms with Gasteiger partial charge in [-0.05, 0) is 57.1 Å². The van der Waals surface area contributed by atoms with Crippen LogP contribution in [0.25, 0.3) is 26.7 Å². The van der Waals surface area contributed by atoms with E-state index in [1.165, 1.54) is 11.3 Å². The number of aromatic nitrogens is 2. The van der Waals surface area contributed by atoms with Gasteiger partial charge >= 0.3 is 5.97 Å². The fraction of sp³-hybridized carbons (Fsp3) is 0.370. The summed E-state index contributed by atoms with van der Waals surface area (Å²) in [5.41, 5.74) is 3.34. The van der Waals surface area contributed by atoms with Gasteiger partial charge in [0.25, 0.3) is 0 Å². The number of imidazole rings is 1. The number of anilines is 1. The van der Waals surface area contributed by atoms with Gasteiger partial charge in [-0.3, -0.25) is 9.20 Å². The van der Waals surface area contributed by atoms with Crippen LogP contribution in [0.3, 0.4) is 0 Å². The minimum absolute atomic E-state index is 0.0394. The van der Waals surface area contributed by atoms with Crippen LogP contribution < -0.4 is 4.90 Å². The Bertz CT molecular complexity index is 1330. The van der Waals surface area contributed by atoms with E-state index in [9.17, 15) is 14.7 Å². The maximum atomic E-state index is 13.6. The van der Waals surface area contributed by atoms with Crippen molar-refractivity contribution in [3.63, 3.8) is 0 Å². The van der Waals surface area contributed by atoms with Gasteiger partial charge < -0.3 is 10.0 Å². The second kappa shape index (κ2) is 9.59. The van der Waals surface area contributed by atoms with E-state index in [1.54, 1.807) is 16.2 Å². The minimum Gasteiger partial charge on any atom is -0.477 e. The molecule has 1 saturated carbocycles. The maximum absolute atomic E-state index is 13.6. The van der Waals surface area contributed by atoms with E-state index in [-0.39, 0.29) is 22.7 Å². The summed E-state index contributed by atoms with van der Waals surface area (Å²) in [5, 5.41) is 12.0. The summed E-state index contributed by atoms with van der Waals surface area (Å²) >= 11 is 2.82. The highest BCUT2D eigenvalue weighted by Crippen LogP contribution is 2.40. The predicted molar refractivity (Wildman–Crippen MR) is 143 cm³/mol. The fourth-order valence-corrected chi connectivity index (χ4v) is 6.58. The third-order valence-electron chi connectivity index (χ3n) is 6.84. The fourth-order valence-electron chi connectivity index (χ4n) is 4.88. The topological polar surface area (TPSA) is 74.9 Å². The van der Waals surface area contributed by atoms with Crippen LogP contribution in [0.5, 0.6) is 0 Å². The number of carboxylic acids is 1. The number of hydrogen-bond acceptors (Lipinski definition) is 5. The van der Waals surface area contributed by atoms with E-state index in [4.69, 9.17) is 0 Å². The zero-order valence-electron chi connectivity index (χ0n) is 20.1. The SMILES string of the molecule is CC(C)N(c1cc(-c2ccc(-c3cn4ccsc4n3)cc2)sc1C(=O)O)C(=O)[C@H]1CC[C@H](C)CC1. The number of hydrogen-bond donors (Lipinski definition) is 1. The average molecular weight is 508 g/mol. The summed E-state index contributed by atoms with van der Waals surface area (Å²) in [6.07, 6.45) is 7.83. The van der Waals surface area contributed by atoms with Crippen LogP contribution in [0.4, 0.5) is 5.69 Å². The number of rotatable bonds is 6. The second-order valence-corrected chi connectivity index (χ2v) is 11.6. The van der Waals surface area contributed by atoms with Crippen molar-refractivity contribution in [2.24, 2.45) is 11.8 Å².